The van der Waals surface area contributed by atoms with Crippen molar-refractivity contribution in [3.8, 4) is 12.3 Å². The molecule has 0 amide bonds. The second kappa shape index (κ2) is 13.4. The number of aliphatic imine (C=N–C) groups is 1. The van der Waals surface area contributed by atoms with Gasteiger partial charge < -0.3 is 15.2 Å². The number of hydrogen-bond acceptors (Lipinski definition) is 6. The number of anilines is 1. The molecular formula is C24H28N6O. The van der Waals surface area contributed by atoms with Gasteiger partial charge >= 0.3 is 0 Å². The molecule has 3 aromatic rings. The number of benzene rings is 1. The van der Waals surface area contributed by atoms with Gasteiger partial charge in [0.1, 0.15) is 17.4 Å². The van der Waals surface area contributed by atoms with Crippen molar-refractivity contribution in [3.63, 3.8) is 0 Å². The highest BCUT2D eigenvalue weighted by Gasteiger charge is 2.04. The molecule has 0 aliphatic heterocycles. The van der Waals surface area contributed by atoms with Gasteiger partial charge in [-0.05, 0) is 37.6 Å². The highest BCUT2D eigenvalue weighted by Crippen LogP contribution is 2.17. The number of aromatic nitrogens is 2. The topological polar surface area (TPSA) is 87.4 Å². The van der Waals surface area contributed by atoms with Crippen molar-refractivity contribution in [1.82, 2.24) is 20.8 Å². The third-order valence-electron chi connectivity index (χ3n) is 3.71. The molecule has 0 radical (unpaired) electrons. The van der Waals surface area contributed by atoms with Gasteiger partial charge in [-0.1, -0.05) is 43.3 Å². The average molecular weight is 417 g/mol. The van der Waals surface area contributed by atoms with E-state index in [1.165, 1.54) is 0 Å². The number of furan rings is 1. The summed E-state index contributed by atoms with van der Waals surface area (Å²) in [7, 11) is 0. The summed E-state index contributed by atoms with van der Waals surface area (Å²) in [5, 5.41) is 3.26. The van der Waals surface area contributed by atoms with Crippen LogP contribution in [-0.2, 0) is 6.54 Å². The molecule has 0 saturated heterocycles. The summed E-state index contributed by atoms with van der Waals surface area (Å²) in [6, 6.07) is 15.6. The van der Waals surface area contributed by atoms with E-state index in [4.69, 9.17) is 4.42 Å². The van der Waals surface area contributed by atoms with Crippen LogP contribution in [0.3, 0.4) is 0 Å². The van der Waals surface area contributed by atoms with Crippen LogP contribution in [0.25, 0.3) is 12.2 Å². The number of hydrazine groups is 1. The van der Waals surface area contributed by atoms with E-state index in [1.807, 2.05) is 68.5 Å². The van der Waals surface area contributed by atoms with Crippen LogP contribution in [0.2, 0.25) is 0 Å². The molecule has 0 saturated carbocycles. The highest BCUT2D eigenvalue weighted by atomic mass is 16.3. The Morgan fingerprint density at radius 1 is 1.16 bits per heavy atom. The monoisotopic (exact) mass is 416 g/mol. The van der Waals surface area contributed by atoms with Crippen molar-refractivity contribution in [2.45, 2.75) is 27.3 Å². The maximum atomic E-state index is 5.36. The number of hydrogen-bond donors (Lipinski definition) is 3. The zero-order valence-corrected chi connectivity index (χ0v) is 18.1. The fraction of sp³-hybridized carbons (Fsp3) is 0.208. The fourth-order valence-corrected chi connectivity index (χ4v) is 2.42. The Kier molecular flexibility index (Phi) is 10.1. The maximum absolute atomic E-state index is 5.36. The molecule has 0 atom stereocenters. The summed E-state index contributed by atoms with van der Waals surface area (Å²) in [6.45, 7) is 6.86. The maximum Gasteiger partial charge on any atom is 0.160 e. The van der Waals surface area contributed by atoms with Crippen molar-refractivity contribution in [3.05, 3.63) is 71.9 Å². The minimum absolute atomic E-state index is 0.531. The Labute approximate surface area is 183 Å². The standard InChI is InChI=1S/C21H24N6O.C3H4/c1-3-23-27-16(2)24-21-14-20(22-15-18-10-7-13-28-18)25-19(26-21)12-11-17-8-5-4-6-9-17;1-3-2/h4-14,23H,3,15H2,1-2H3,(H2,22,24,25,26,27);1H,2H3/b12-11+;. The summed E-state index contributed by atoms with van der Waals surface area (Å²) in [5.74, 6) is 5.61. The van der Waals surface area contributed by atoms with Gasteiger partial charge in [0, 0.05) is 12.6 Å². The molecule has 3 N–H and O–H groups in total. The van der Waals surface area contributed by atoms with E-state index in [0.717, 1.165) is 23.7 Å². The van der Waals surface area contributed by atoms with Crippen molar-refractivity contribution in [1.29, 1.82) is 0 Å². The molecule has 7 heteroatoms. The zero-order valence-electron chi connectivity index (χ0n) is 18.1. The molecule has 0 unspecified atom stereocenters. The molecule has 0 fully saturated rings. The van der Waals surface area contributed by atoms with Crippen molar-refractivity contribution < 1.29 is 4.42 Å². The molecule has 3 rings (SSSR count). The first kappa shape index (κ1) is 23.4. The predicted octanol–water partition coefficient (Wildman–Crippen LogP) is 4.66. The predicted molar refractivity (Wildman–Crippen MR) is 128 cm³/mol. The molecule has 0 spiro atoms. The lowest BCUT2D eigenvalue weighted by Gasteiger charge is -2.08. The van der Waals surface area contributed by atoms with Gasteiger partial charge in [0.2, 0.25) is 0 Å². The van der Waals surface area contributed by atoms with Gasteiger partial charge in [0.05, 0.1) is 12.8 Å². The molecule has 31 heavy (non-hydrogen) atoms. The largest absolute Gasteiger partial charge is 0.467 e. The molecule has 160 valence electrons. The molecule has 1 aromatic carbocycles. The van der Waals surface area contributed by atoms with Crippen molar-refractivity contribution in [2.24, 2.45) is 4.99 Å². The van der Waals surface area contributed by atoms with Crippen LogP contribution in [0.1, 0.15) is 37.9 Å². The van der Waals surface area contributed by atoms with Crippen LogP contribution in [0, 0.1) is 12.3 Å². The SMILES string of the molecule is C#CC.CCNNC(C)=Nc1cc(NCc2ccco2)nc(/C=C/c2ccccc2)n1. The summed E-state index contributed by atoms with van der Waals surface area (Å²) < 4.78 is 5.36. The fourth-order valence-electron chi connectivity index (χ4n) is 2.42. The molecule has 0 bridgehead atoms. The Hall–Kier alpha value is -3.89. The normalized spacial score (nSPS) is 10.8. The van der Waals surface area contributed by atoms with E-state index in [1.54, 1.807) is 19.3 Å². The zero-order chi connectivity index (χ0) is 22.3. The molecule has 0 aliphatic carbocycles. The van der Waals surface area contributed by atoms with E-state index in [-0.39, 0.29) is 0 Å². The van der Waals surface area contributed by atoms with E-state index in [2.05, 4.69) is 43.5 Å². The first-order chi connectivity index (χ1) is 15.1. The van der Waals surface area contributed by atoms with Crippen molar-refractivity contribution in [2.75, 3.05) is 11.9 Å². The van der Waals surface area contributed by atoms with E-state index in [9.17, 15) is 0 Å². The molecular weight excluding hydrogens is 388 g/mol. The Bertz CT molecular complexity index is 1000. The molecule has 2 heterocycles. The van der Waals surface area contributed by atoms with Gasteiger partial charge in [0.25, 0.3) is 0 Å². The minimum atomic E-state index is 0.531. The molecule has 0 aliphatic rings. The summed E-state index contributed by atoms with van der Waals surface area (Å²) in [4.78, 5) is 13.6. The summed E-state index contributed by atoms with van der Waals surface area (Å²) in [6.07, 6.45) is 10.1. The Morgan fingerprint density at radius 3 is 2.61 bits per heavy atom. The number of amidine groups is 1. The Morgan fingerprint density at radius 2 is 1.94 bits per heavy atom. The van der Waals surface area contributed by atoms with Crippen LogP contribution >= 0.6 is 0 Å². The second-order valence-electron chi connectivity index (χ2n) is 6.29. The lowest BCUT2D eigenvalue weighted by molar-refractivity contribution is 0.518. The van der Waals surface area contributed by atoms with E-state index >= 15 is 0 Å². The van der Waals surface area contributed by atoms with Gasteiger partial charge in [0.15, 0.2) is 11.6 Å². The highest BCUT2D eigenvalue weighted by molar-refractivity contribution is 5.81. The number of rotatable bonds is 8. The van der Waals surface area contributed by atoms with Crippen molar-refractivity contribution >= 4 is 29.6 Å². The quantitative estimate of drug-likeness (QED) is 0.214. The van der Waals surface area contributed by atoms with Gasteiger partial charge in [-0.15, -0.1) is 12.3 Å². The van der Waals surface area contributed by atoms with Crippen LogP contribution in [-0.4, -0.2) is 22.3 Å². The number of nitrogens with one attached hydrogen (secondary N) is 3. The van der Waals surface area contributed by atoms with E-state index in [0.29, 0.717) is 24.0 Å². The van der Waals surface area contributed by atoms with Gasteiger partial charge in [-0.25, -0.2) is 20.4 Å². The number of terminal acetylenes is 1. The first-order valence-electron chi connectivity index (χ1n) is 9.94. The summed E-state index contributed by atoms with van der Waals surface area (Å²) >= 11 is 0. The molecule has 2 aromatic heterocycles. The van der Waals surface area contributed by atoms with E-state index < -0.39 is 0 Å². The Balaban J connectivity index is 0.00000107. The third-order valence-corrected chi connectivity index (χ3v) is 3.71. The minimum Gasteiger partial charge on any atom is -0.467 e. The van der Waals surface area contributed by atoms with Crippen LogP contribution in [0.4, 0.5) is 11.6 Å². The van der Waals surface area contributed by atoms with Crippen LogP contribution < -0.4 is 16.2 Å². The number of nitrogens with zero attached hydrogens (tertiary/aromatic N) is 3. The van der Waals surface area contributed by atoms with Gasteiger partial charge in [-0.2, -0.15) is 0 Å². The molecule has 7 nitrogen and oxygen atoms in total. The average Bonchev–Trinajstić information content (AvgIpc) is 3.30. The van der Waals surface area contributed by atoms with Crippen LogP contribution in [0.15, 0.2) is 64.2 Å². The van der Waals surface area contributed by atoms with Crippen LogP contribution in [0.5, 0.6) is 0 Å². The third kappa shape index (κ3) is 8.98. The smallest absolute Gasteiger partial charge is 0.160 e. The first-order valence-corrected chi connectivity index (χ1v) is 9.94. The lowest BCUT2D eigenvalue weighted by Crippen LogP contribution is -2.35. The lowest BCUT2D eigenvalue weighted by atomic mass is 10.2. The summed E-state index contributed by atoms with van der Waals surface area (Å²) in [5.41, 5.74) is 7.12. The second-order valence-corrected chi connectivity index (χ2v) is 6.29. The van der Waals surface area contributed by atoms with Gasteiger partial charge in [-0.3, -0.25) is 0 Å².